The Morgan fingerprint density at radius 3 is 2.00 bits per heavy atom. The summed E-state index contributed by atoms with van der Waals surface area (Å²) in [6.07, 6.45) is 1.50. The van der Waals surface area contributed by atoms with E-state index in [4.69, 9.17) is 9.26 Å². The molecule has 0 heterocycles. The van der Waals surface area contributed by atoms with E-state index in [2.05, 4.69) is 4.52 Å². The molecule has 0 radical (unpaired) electrons. The highest BCUT2D eigenvalue weighted by Gasteiger charge is 2.36. The highest BCUT2D eigenvalue weighted by molar-refractivity contribution is 7.52. The molecule has 0 saturated heterocycles. The molecule has 1 fully saturated rings. The van der Waals surface area contributed by atoms with Crippen LogP contribution in [0.5, 0.6) is 11.5 Å². The third-order valence-electron chi connectivity index (χ3n) is 4.32. The van der Waals surface area contributed by atoms with Crippen molar-refractivity contribution in [2.45, 2.75) is 38.7 Å². The van der Waals surface area contributed by atoms with E-state index in [1.807, 2.05) is 5.09 Å². The first-order chi connectivity index (χ1) is 15.0. The first-order valence-electron chi connectivity index (χ1n) is 9.56. The van der Waals surface area contributed by atoms with Gasteiger partial charge < -0.3 is 13.8 Å². The van der Waals surface area contributed by atoms with Crippen LogP contribution in [0.1, 0.15) is 38.2 Å². The minimum Gasteiger partial charge on any atom is -0.462 e. The number of carbonyl (C=O) groups excluding carboxylic acids is 1. The van der Waals surface area contributed by atoms with Crippen LogP contribution in [0.15, 0.2) is 24.3 Å². The Bertz CT molecular complexity index is 1030. The molecule has 174 valence electrons. The van der Waals surface area contributed by atoms with Crippen LogP contribution in [0.2, 0.25) is 0 Å². The Balaban J connectivity index is 1.89. The van der Waals surface area contributed by atoms with Crippen molar-refractivity contribution in [1.29, 1.82) is 0 Å². The Hall–Kier alpha value is -2.65. The Labute approximate surface area is 180 Å². The van der Waals surface area contributed by atoms with Crippen LogP contribution in [0.3, 0.4) is 0 Å². The van der Waals surface area contributed by atoms with Gasteiger partial charge in [0.25, 0.3) is 0 Å². The fraction of sp³-hybridized carbons (Fsp3) is 0.350. The summed E-state index contributed by atoms with van der Waals surface area (Å²) in [6, 6.07) is 6.14. The number of ether oxygens (including phenoxy) is 1. The van der Waals surface area contributed by atoms with Crippen molar-refractivity contribution in [2.24, 2.45) is 0 Å². The highest BCUT2D eigenvalue weighted by atomic mass is 31.2. The Kier molecular flexibility index (Phi) is 7.09. The summed E-state index contributed by atoms with van der Waals surface area (Å²) in [5.41, 5.74) is 0.987. The SMILES string of the molecule is CC(C)OC(=O)CNP(=O)(Oc1ccc(C2CC2)cc1)Oc1c(F)c(F)c(F)c(F)c1F. The molecule has 1 N–H and O–H groups in total. The second-order valence-corrected chi connectivity index (χ2v) is 8.97. The molecular formula is C20H19F5NO5P. The lowest BCUT2D eigenvalue weighted by atomic mass is 10.1. The van der Waals surface area contributed by atoms with E-state index in [9.17, 15) is 31.3 Å². The smallest absolute Gasteiger partial charge is 0.462 e. The second-order valence-electron chi connectivity index (χ2n) is 7.30. The van der Waals surface area contributed by atoms with Crippen molar-refractivity contribution >= 4 is 13.7 Å². The predicted molar refractivity (Wildman–Crippen MR) is 103 cm³/mol. The van der Waals surface area contributed by atoms with Gasteiger partial charge in [0.2, 0.25) is 34.8 Å². The maximum Gasteiger partial charge on any atom is 0.513 e. The monoisotopic (exact) mass is 479 g/mol. The number of carbonyl (C=O) groups is 1. The number of rotatable bonds is 9. The molecule has 12 heteroatoms. The maximum atomic E-state index is 14.0. The van der Waals surface area contributed by atoms with E-state index in [0.29, 0.717) is 5.92 Å². The molecule has 0 bridgehead atoms. The van der Waals surface area contributed by atoms with Crippen molar-refractivity contribution in [2.75, 3.05) is 6.54 Å². The van der Waals surface area contributed by atoms with E-state index in [1.165, 1.54) is 12.1 Å². The van der Waals surface area contributed by atoms with E-state index in [1.54, 1.807) is 26.0 Å². The van der Waals surface area contributed by atoms with Crippen molar-refractivity contribution in [3.63, 3.8) is 0 Å². The molecule has 0 amide bonds. The van der Waals surface area contributed by atoms with Crippen LogP contribution < -0.4 is 14.1 Å². The minimum atomic E-state index is -4.88. The maximum absolute atomic E-state index is 14.0. The molecule has 1 saturated carbocycles. The van der Waals surface area contributed by atoms with Crippen LogP contribution >= 0.6 is 7.75 Å². The van der Waals surface area contributed by atoms with Crippen LogP contribution in [0.4, 0.5) is 22.0 Å². The van der Waals surface area contributed by atoms with Gasteiger partial charge in [0, 0.05) is 0 Å². The molecule has 3 rings (SSSR count). The number of nitrogens with one attached hydrogen (secondary N) is 1. The standard InChI is InChI=1S/C20H19F5NO5P/c1-10(2)29-14(27)9-26-32(28,30-13-7-5-12(6-8-13)11-3-4-11)31-20-18(24)16(22)15(21)17(23)19(20)25/h5-8,10-11H,3-4,9H2,1-2H3,(H,26,28). The quantitative estimate of drug-likeness (QED) is 0.172. The number of halogens is 5. The van der Waals surface area contributed by atoms with Gasteiger partial charge in [-0.2, -0.15) is 13.9 Å². The molecule has 1 unspecified atom stereocenters. The molecular weight excluding hydrogens is 460 g/mol. The fourth-order valence-electron chi connectivity index (χ4n) is 2.69. The third-order valence-corrected chi connectivity index (χ3v) is 5.74. The summed E-state index contributed by atoms with van der Waals surface area (Å²) in [4.78, 5) is 11.8. The molecule has 1 aliphatic rings. The van der Waals surface area contributed by atoms with E-state index in [0.717, 1.165) is 18.4 Å². The van der Waals surface area contributed by atoms with E-state index >= 15 is 0 Å². The number of benzene rings is 2. The van der Waals surface area contributed by atoms with Gasteiger partial charge in [-0.25, -0.2) is 17.7 Å². The van der Waals surface area contributed by atoms with Crippen LogP contribution in [-0.2, 0) is 14.1 Å². The van der Waals surface area contributed by atoms with Crippen molar-refractivity contribution in [3.8, 4) is 11.5 Å². The molecule has 2 aromatic carbocycles. The van der Waals surface area contributed by atoms with Gasteiger partial charge in [-0.15, -0.1) is 0 Å². The average Bonchev–Trinajstić information content (AvgIpc) is 3.58. The second kappa shape index (κ2) is 9.46. The van der Waals surface area contributed by atoms with Crippen LogP contribution in [0.25, 0.3) is 0 Å². The summed E-state index contributed by atoms with van der Waals surface area (Å²) in [6.45, 7) is 2.28. The lowest BCUT2D eigenvalue weighted by Crippen LogP contribution is -2.28. The molecule has 0 spiro atoms. The van der Waals surface area contributed by atoms with Crippen molar-refractivity contribution < 1.29 is 45.1 Å². The topological polar surface area (TPSA) is 73.9 Å². The van der Waals surface area contributed by atoms with Crippen molar-refractivity contribution in [3.05, 3.63) is 58.9 Å². The molecule has 0 aliphatic heterocycles. The van der Waals surface area contributed by atoms with Gasteiger partial charge in [-0.3, -0.25) is 4.79 Å². The number of esters is 1. The largest absolute Gasteiger partial charge is 0.513 e. The van der Waals surface area contributed by atoms with Crippen LogP contribution in [0, 0.1) is 29.1 Å². The molecule has 1 aliphatic carbocycles. The number of hydrogen-bond donors (Lipinski definition) is 1. The average molecular weight is 479 g/mol. The fourth-order valence-corrected chi connectivity index (χ4v) is 3.98. The highest BCUT2D eigenvalue weighted by Crippen LogP contribution is 2.48. The normalized spacial score (nSPS) is 15.4. The molecule has 1 atom stereocenters. The summed E-state index contributed by atoms with van der Waals surface area (Å²) in [7, 11) is -4.88. The van der Waals surface area contributed by atoms with E-state index < -0.39 is 61.2 Å². The zero-order valence-electron chi connectivity index (χ0n) is 17.0. The molecule has 2 aromatic rings. The summed E-state index contributed by atoms with van der Waals surface area (Å²) < 4.78 is 96.3. The molecule has 0 aromatic heterocycles. The summed E-state index contributed by atoms with van der Waals surface area (Å²) in [5, 5.41) is 2.02. The van der Waals surface area contributed by atoms with Gasteiger partial charge >= 0.3 is 13.7 Å². The zero-order valence-corrected chi connectivity index (χ0v) is 17.9. The summed E-state index contributed by atoms with van der Waals surface area (Å²) in [5.74, 6) is -14.1. The van der Waals surface area contributed by atoms with E-state index in [-0.39, 0.29) is 5.75 Å². The van der Waals surface area contributed by atoms with Gasteiger partial charge in [0.15, 0.2) is 0 Å². The van der Waals surface area contributed by atoms with Gasteiger partial charge in [-0.05, 0) is 50.3 Å². The zero-order chi connectivity index (χ0) is 23.6. The lowest BCUT2D eigenvalue weighted by Gasteiger charge is -2.21. The van der Waals surface area contributed by atoms with Crippen LogP contribution in [-0.4, -0.2) is 18.6 Å². The molecule has 32 heavy (non-hydrogen) atoms. The molecule has 6 nitrogen and oxygen atoms in total. The third kappa shape index (κ3) is 5.58. The summed E-state index contributed by atoms with van der Waals surface area (Å²) >= 11 is 0. The first kappa shape index (κ1) is 24.0. The van der Waals surface area contributed by atoms with Gasteiger partial charge in [0.1, 0.15) is 12.3 Å². The lowest BCUT2D eigenvalue weighted by molar-refractivity contribution is -0.145. The Morgan fingerprint density at radius 2 is 1.50 bits per heavy atom. The van der Waals surface area contributed by atoms with Gasteiger partial charge in [-0.1, -0.05) is 12.1 Å². The number of hydrogen-bond acceptors (Lipinski definition) is 5. The van der Waals surface area contributed by atoms with Gasteiger partial charge in [0.05, 0.1) is 6.10 Å². The van der Waals surface area contributed by atoms with Crippen molar-refractivity contribution in [1.82, 2.24) is 5.09 Å². The first-order valence-corrected chi connectivity index (χ1v) is 11.1. The predicted octanol–water partition coefficient (Wildman–Crippen LogP) is 5.37. The minimum absolute atomic E-state index is 0.0914. The Morgan fingerprint density at radius 1 is 0.969 bits per heavy atom.